The number of nitrogens with zero attached hydrogens (tertiary/aromatic N) is 3. The average Bonchev–Trinajstić information content (AvgIpc) is 3.14. The fraction of sp³-hybridized carbons (Fsp3) is 0.750. The van der Waals surface area contributed by atoms with E-state index >= 15 is 0 Å². The molecule has 128 valence electrons. The zero-order valence-corrected chi connectivity index (χ0v) is 14.7. The maximum atomic E-state index is 12.7. The monoisotopic (exact) mass is 338 g/mol. The Kier molecular flexibility index (Phi) is 5.31. The molecule has 3 heterocycles. The summed E-state index contributed by atoms with van der Waals surface area (Å²) >= 11 is 1.46. The van der Waals surface area contributed by atoms with Crippen molar-refractivity contribution in [2.24, 2.45) is 5.73 Å². The lowest BCUT2D eigenvalue weighted by Gasteiger charge is -2.38. The highest BCUT2D eigenvalue weighted by molar-refractivity contribution is 7.09. The summed E-state index contributed by atoms with van der Waals surface area (Å²) in [7, 11) is 0. The lowest BCUT2D eigenvalue weighted by molar-refractivity contribution is -0.0715. The zero-order chi connectivity index (χ0) is 16.4. The molecule has 3 atom stereocenters. The molecule has 6 nitrogen and oxygen atoms in total. The van der Waals surface area contributed by atoms with E-state index in [1.807, 2.05) is 10.3 Å². The van der Waals surface area contributed by atoms with E-state index in [0.29, 0.717) is 12.2 Å². The number of aromatic nitrogens is 1. The summed E-state index contributed by atoms with van der Waals surface area (Å²) in [5.74, 6) is 0.0535. The van der Waals surface area contributed by atoms with Crippen molar-refractivity contribution in [3.05, 3.63) is 16.1 Å². The molecule has 0 aromatic carbocycles. The smallest absolute Gasteiger partial charge is 0.273 e. The maximum absolute atomic E-state index is 12.7. The first-order valence-corrected chi connectivity index (χ1v) is 9.28. The molecule has 2 N–H and O–H groups in total. The topological polar surface area (TPSA) is 71.7 Å². The van der Waals surface area contributed by atoms with Gasteiger partial charge >= 0.3 is 0 Å². The fourth-order valence-electron chi connectivity index (χ4n) is 3.67. The molecule has 2 saturated heterocycles. The van der Waals surface area contributed by atoms with Gasteiger partial charge in [-0.25, -0.2) is 4.98 Å². The summed E-state index contributed by atoms with van der Waals surface area (Å²) in [6.07, 6.45) is 2.66. The molecule has 3 rings (SSSR count). The number of nitrogens with two attached hydrogens (primary N) is 1. The van der Waals surface area contributed by atoms with Gasteiger partial charge < -0.3 is 15.4 Å². The summed E-state index contributed by atoms with van der Waals surface area (Å²) in [4.78, 5) is 21.5. The lowest BCUT2D eigenvalue weighted by Crippen LogP contribution is -2.51. The van der Waals surface area contributed by atoms with Crippen molar-refractivity contribution in [1.29, 1.82) is 0 Å². The van der Waals surface area contributed by atoms with E-state index in [1.165, 1.54) is 11.3 Å². The van der Waals surface area contributed by atoms with Crippen LogP contribution in [0.3, 0.4) is 0 Å². The minimum absolute atomic E-state index is 0.0535. The van der Waals surface area contributed by atoms with Crippen LogP contribution >= 0.6 is 11.3 Å². The number of rotatable bonds is 4. The van der Waals surface area contributed by atoms with Crippen LogP contribution in [0.1, 0.15) is 42.2 Å². The van der Waals surface area contributed by atoms with Crippen molar-refractivity contribution in [3.63, 3.8) is 0 Å². The van der Waals surface area contributed by atoms with Gasteiger partial charge in [0.05, 0.1) is 12.2 Å². The molecule has 0 aliphatic carbocycles. The van der Waals surface area contributed by atoms with Crippen molar-refractivity contribution in [1.82, 2.24) is 14.8 Å². The van der Waals surface area contributed by atoms with Gasteiger partial charge in [-0.3, -0.25) is 9.69 Å². The lowest BCUT2D eigenvalue weighted by atomic mass is 10.1. The molecular formula is C16H26N4O2S. The van der Waals surface area contributed by atoms with E-state index in [9.17, 15) is 4.79 Å². The third-order valence-corrected chi connectivity index (χ3v) is 5.42. The zero-order valence-electron chi connectivity index (χ0n) is 13.9. The summed E-state index contributed by atoms with van der Waals surface area (Å²) in [5.41, 5.74) is 6.15. The van der Waals surface area contributed by atoms with Crippen LogP contribution < -0.4 is 5.73 Å². The van der Waals surface area contributed by atoms with Crippen LogP contribution in [0.5, 0.6) is 0 Å². The number of thiazole rings is 1. The molecule has 23 heavy (non-hydrogen) atoms. The van der Waals surface area contributed by atoms with E-state index in [4.69, 9.17) is 10.5 Å². The minimum atomic E-state index is 0.0535. The van der Waals surface area contributed by atoms with Crippen molar-refractivity contribution in [3.8, 4) is 0 Å². The highest BCUT2D eigenvalue weighted by Gasteiger charge is 2.33. The number of hydrogen-bond donors (Lipinski definition) is 1. The normalized spacial score (nSPS) is 29.2. The number of amides is 1. The second-order valence-corrected chi connectivity index (χ2v) is 7.54. The summed E-state index contributed by atoms with van der Waals surface area (Å²) < 4.78 is 5.80. The Morgan fingerprint density at radius 1 is 1.43 bits per heavy atom. The van der Waals surface area contributed by atoms with Gasteiger partial charge in [0.15, 0.2) is 0 Å². The first-order valence-electron chi connectivity index (χ1n) is 8.40. The predicted molar refractivity (Wildman–Crippen MR) is 90.5 cm³/mol. The van der Waals surface area contributed by atoms with Crippen molar-refractivity contribution in [2.75, 3.05) is 26.2 Å². The Morgan fingerprint density at radius 3 is 2.83 bits per heavy atom. The van der Waals surface area contributed by atoms with Crippen molar-refractivity contribution >= 4 is 17.2 Å². The molecule has 2 fully saturated rings. The van der Waals surface area contributed by atoms with Crippen LogP contribution in [0, 0.1) is 0 Å². The Bertz CT molecular complexity index is 540. The molecule has 0 saturated carbocycles. The number of carbonyl (C=O) groups excluding carboxylic acids is 1. The number of carbonyl (C=O) groups is 1. The summed E-state index contributed by atoms with van der Waals surface area (Å²) in [5, 5.41) is 2.65. The van der Waals surface area contributed by atoms with Gasteiger partial charge in [-0.1, -0.05) is 0 Å². The van der Waals surface area contributed by atoms with E-state index < -0.39 is 0 Å². The Labute approximate surface area is 141 Å². The predicted octanol–water partition coefficient (Wildman–Crippen LogP) is 1.32. The van der Waals surface area contributed by atoms with Gasteiger partial charge in [0, 0.05) is 44.1 Å². The molecular weight excluding hydrogens is 312 g/mol. The van der Waals surface area contributed by atoms with Gasteiger partial charge in [-0.2, -0.15) is 0 Å². The van der Waals surface area contributed by atoms with Crippen LogP contribution in [-0.2, 0) is 11.3 Å². The summed E-state index contributed by atoms with van der Waals surface area (Å²) in [6.45, 7) is 8.26. The van der Waals surface area contributed by atoms with Gasteiger partial charge in [-0.15, -0.1) is 11.3 Å². The van der Waals surface area contributed by atoms with Crippen LogP contribution in [0.4, 0.5) is 0 Å². The molecule has 0 radical (unpaired) electrons. The molecule has 0 bridgehead atoms. The number of ether oxygens (including phenoxy) is 1. The van der Waals surface area contributed by atoms with E-state index in [1.54, 1.807) is 0 Å². The maximum Gasteiger partial charge on any atom is 0.273 e. The van der Waals surface area contributed by atoms with Crippen molar-refractivity contribution < 1.29 is 9.53 Å². The quantitative estimate of drug-likeness (QED) is 0.896. The molecule has 0 spiro atoms. The first kappa shape index (κ1) is 16.8. The first-order chi connectivity index (χ1) is 11.1. The largest absolute Gasteiger partial charge is 0.373 e. The molecule has 1 aromatic rings. The fourth-order valence-corrected chi connectivity index (χ4v) is 4.32. The number of likely N-dealkylation sites (tertiary alicyclic amines) is 1. The second kappa shape index (κ2) is 7.25. The standard InChI is InChI=1S/C16H26N4O2S/c1-11-7-19(8-12(2)22-11)9-13-4-3-5-20(13)16(21)14-10-23-15(6-17)18-14/h10-13H,3-9,17H2,1-2H3/t11-,12+,13-/m1/s1. The number of morpholine rings is 1. The third-order valence-electron chi connectivity index (χ3n) is 4.55. The van der Waals surface area contributed by atoms with E-state index in [2.05, 4.69) is 23.7 Å². The Balaban J connectivity index is 1.64. The molecule has 1 aromatic heterocycles. The highest BCUT2D eigenvalue weighted by atomic mass is 32.1. The number of hydrogen-bond acceptors (Lipinski definition) is 6. The van der Waals surface area contributed by atoms with Crippen LogP contribution in [-0.4, -0.2) is 65.1 Å². The molecule has 7 heteroatoms. The van der Waals surface area contributed by atoms with Gasteiger partial charge in [0.25, 0.3) is 5.91 Å². The van der Waals surface area contributed by atoms with Gasteiger partial charge in [-0.05, 0) is 26.7 Å². The molecule has 2 aliphatic heterocycles. The highest BCUT2D eigenvalue weighted by Crippen LogP contribution is 2.23. The summed E-state index contributed by atoms with van der Waals surface area (Å²) in [6, 6.07) is 0.281. The van der Waals surface area contributed by atoms with Gasteiger partial charge in [0.1, 0.15) is 10.7 Å². The minimum Gasteiger partial charge on any atom is -0.373 e. The molecule has 2 aliphatic rings. The van der Waals surface area contributed by atoms with E-state index in [-0.39, 0.29) is 24.2 Å². The average molecular weight is 338 g/mol. The Morgan fingerprint density at radius 2 is 2.17 bits per heavy atom. The third kappa shape index (κ3) is 3.91. The van der Waals surface area contributed by atoms with Crippen LogP contribution in [0.2, 0.25) is 0 Å². The van der Waals surface area contributed by atoms with E-state index in [0.717, 1.165) is 44.0 Å². The van der Waals surface area contributed by atoms with Gasteiger partial charge in [0.2, 0.25) is 0 Å². The van der Waals surface area contributed by atoms with Crippen LogP contribution in [0.25, 0.3) is 0 Å². The SMILES string of the molecule is C[C@@H]1CN(C[C@H]2CCCN2C(=O)c2csc(CN)n2)C[C@H](C)O1. The Hall–Kier alpha value is -1.02. The molecule has 1 amide bonds. The van der Waals surface area contributed by atoms with Crippen molar-refractivity contribution in [2.45, 2.75) is 51.5 Å². The molecule has 0 unspecified atom stereocenters. The van der Waals surface area contributed by atoms with Crippen LogP contribution in [0.15, 0.2) is 5.38 Å². The second-order valence-electron chi connectivity index (χ2n) is 6.60.